The number of carbonyl (C=O) groups is 1. The van der Waals surface area contributed by atoms with E-state index in [1.165, 1.54) is 0 Å². The highest BCUT2D eigenvalue weighted by Gasteiger charge is 2.35. The van der Waals surface area contributed by atoms with Gasteiger partial charge in [-0.1, -0.05) is 12.1 Å². The number of carbonyl (C=O) groups excluding carboxylic acids is 1. The highest BCUT2D eigenvalue weighted by molar-refractivity contribution is 5.87. The largest absolute Gasteiger partial charge is 0.399 e. The second kappa shape index (κ2) is 6.48. The molecule has 0 aliphatic carbocycles. The number of amides is 1. The van der Waals surface area contributed by atoms with E-state index in [9.17, 15) is 4.79 Å². The van der Waals surface area contributed by atoms with Crippen LogP contribution in [0.4, 0.5) is 5.69 Å². The van der Waals surface area contributed by atoms with Crippen LogP contribution >= 0.6 is 0 Å². The molecule has 1 fully saturated rings. The zero-order valence-corrected chi connectivity index (χ0v) is 13.3. The lowest BCUT2D eigenvalue weighted by molar-refractivity contribution is -0.138. The SMILES string of the molecule is CCOC1CCN(C(=O)C(C)(C)c2ccc(N)cc2)CC1. The molecule has 0 radical (unpaired) electrons. The summed E-state index contributed by atoms with van der Waals surface area (Å²) in [5.74, 6) is 0.183. The molecular formula is C17H26N2O2. The minimum atomic E-state index is -0.522. The number of ether oxygens (including phenoxy) is 1. The Bertz CT molecular complexity index is 474. The molecule has 1 aliphatic heterocycles. The first-order valence-electron chi connectivity index (χ1n) is 7.72. The summed E-state index contributed by atoms with van der Waals surface area (Å²) >= 11 is 0. The van der Waals surface area contributed by atoms with Gasteiger partial charge in [-0.15, -0.1) is 0 Å². The lowest BCUT2D eigenvalue weighted by Crippen LogP contribution is -2.48. The maximum atomic E-state index is 12.8. The van der Waals surface area contributed by atoms with Crippen molar-refractivity contribution < 1.29 is 9.53 Å². The van der Waals surface area contributed by atoms with E-state index in [4.69, 9.17) is 10.5 Å². The molecule has 0 bridgehead atoms. The van der Waals surface area contributed by atoms with Crippen LogP contribution in [0.1, 0.15) is 39.2 Å². The van der Waals surface area contributed by atoms with Crippen molar-refractivity contribution in [3.63, 3.8) is 0 Å². The summed E-state index contributed by atoms with van der Waals surface area (Å²) in [7, 11) is 0. The van der Waals surface area contributed by atoms with Crippen molar-refractivity contribution in [2.45, 2.75) is 45.1 Å². The summed E-state index contributed by atoms with van der Waals surface area (Å²) in [6, 6.07) is 7.59. The molecule has 1 aromatic rings. The minimum absolute atomic E-state index is 0.183. The van der Waals surface area contributed by atoms with Crippen molar-refractivity contribution in [1.82, 2.24) is 4.90 Å². The molecule has 1 amide bonds. The van der Waals surface area contributed by atoms with E-state index >= 15 is 0 Å². The van der Waals surface area contributed by atoms with Crippen molar-refractivity contribution in [2.75, 3.05) is 25.4 Å². The van der Waals surface area contributed by atoms with Crippen LogP contribution in [0.3, 0.4) is 0 Å². The number of rotatable bonds is 4. The van der Waals surface area contributed by atoms with Gasteiger partial charge in [-0.2, -0.15) is 0 Å². The maximum Gasteiger partial charge on any atom is 0.232 e. The second-order valence-corrected chi connectivity index (χ2v) is 6.19. The fourth-order valence-electron chi connectivity index (χ4n) is 2.88. The average molecular weight is 290 g/mol. The number of piperidine rings is 1. The molecule has 0 saturated carbocycles. The summed E-state index contributed by atoms with van der Waals surface area (Å²) < 4.78 is 5.64. The monoisotopic (exact) mass is 290 g/mol. The van der Waals surface area contributed by atoms with E-state index in [0.29, 0.717) is 6.10 Å². The zero-order chi connectivity index (χ0) is 15.5. The van der Waals surface area contributed by atoms with Crippen LogP contribution in [0.15, 0.2) is 24.3 Å². The highest BCUT2D eigenvalue weighted by Crippen LogP contribution is 2.28. The number of benzene rings is 1. The number of hydrogen-bond acceptors (Lipinski definition) is 3. The molecule has 116 valence electrons. The first kappa shape index (κ1) is 15.8. The molecule has 1 aromatic carbocycles. The fourth-order valence-corrected chi connectivity index (χ4v) is 2.88. The third kappa shape index (κ3) is 3.56. The van der Waals surface area contributed by atoms with Gasteiger partial charge in [-0.05, 0) is 51.3 Å². The summed E-state index contributed by atoms with van der Waals surface area (Å²) in [4.78, 5) is 14.8. The van der Waals surface area contributed by atoms with E-state index in [1.807, 2.05) is 49.9 Å². The van der Waals surface area contributed by atoms with Gasteiger partial charge in [-0.25, -0.2) is 0 Å². The topological polar surface area (TPSA) is 55.6 Å². The fraction of sp³-hybridized carbons (Fsp3) is 0.588. The van der Waals surface area contributed by atoms with Crippen LogP contribution < -0.4 is 5.73 Å². The van der Waals surface area contributed by atoms with E-state index in [0.717, 1.165) is 43.8 Å². The van der Waals surface area contributed by atoms with Crippen LogP contribution in [0.2, 0.25) is 0 Å². The summed E-state index contributed by atoms with van der Waals surface area (Å²) in [6.07, 6.45) is 2.16. The van der Waals surface area contributed by atoms with Gasteiger partial charge in [0.2, 0.25) is 5.91 Å². The third-order valence-electron chi connectivity index (χ3n) is 4.30. The standard InChI is InChI=1S/C17H26N2O2/c1-4-21-15-9-11-19(12-10-15)16(20)17(2,3)13-5-7-14(18)8-6-13/h5-8,15H,4,9-12,18H2,1-3H3. The third-order valence-corrected chi connectivity index (χ3v) is 4.30. The Labute approximate surface area is 127 Å². The molecule has 2 rings (SSSR count). The van der Waals surface area contributed by atoms with Crippen LogP contribution in [-0.2, 0) is 14.9 Å². The predicted molar refractivity (Wildman–Crippen MR) is 85.1 cm³/mol. The molecule has 1 saturated heterocycles. The number of nitrogens with two attached hydrogens (primary N) is 1. The molecule has 1 aliphatic rings. The van der Waals surface area contributed by atoms with Gasteiger partial charge in [0.25, 0.3) is 0 Å². The van der Waals surface area contributed by atoms with E-state index < -0.39 is 5.41 Å². The lowest BCUT2D eigenvalue weighted by Gasteiger charge is -2.37. The Morgan fingerprint density at radius 2 is 1.86 bits per heavy atom. The molecule has 0 atom stereocenters. The summed E-state index contributed by atoms with van der Waals surface area (Å²) in [6.45, 7) is 8.28. The molecular weight excluding hydrogens is 264 g/mol. The van der Waals surface area contributed by atoms with Crippen LogP contribution in [0, 0.1) is 0 Å². The van der Waals surface area contributed by atoms with Gasteiger partial charge < -0.3 is 15.4 Å². The number of anilines is 1. The van der Waals surface area contributed by atoms with Gasteiger partial charge in [0, 0.05) is 25.4 Å². The molecule has 4 nitrogen and oxygen atoms in total. The molecule has 0 unspecified atom stereocenters. The Kier molecular flexibility index (Phi) is 4.88. The van der Waals surface area contributed by atoms with Crippen LogP contribution in [0.5, 0.6) is 0 Å². The van der Waals surface area contributed by atoms with Crippen molar-refractivity contribution in [3.05, 3.63) is 29.8 Å². The molecule has 0 aromatic heterocycles. The Morgan fingerprint density at radius 3 is 2.38 bits per heavy atom. The van der Waals surface area contributed by atoms with Gasteiger partial charge in [0.05, 0.1) is 11.5 Å². The van der Waals surface area contributed by atoms with Crippen molar-refractivity contribution >= 4 is 11.6 Å². The molecule has 2 N–H and O–H groups in total. The van der Waals surface area contributed by atoms with E-state index in [1.54, 1.807) is 0 Å². The minimum Gasteiger partial charge on any atom is -0.399 e. The molecule has 1 heterocycles. The van der Waals surface area contributed by atoms with Gasteiger partial charge >= 0.3 is 0 Å². The lowest BCUT2D eigenvalue weighted by atomic mass is 9.82. The van der Waals surface area contributed by atoms with E-state index in [2.05, 4.69) is 0 Å². The van der Waals surface area contributed by atoms with Gasteiger partial charge in [0.15, 0.2) is 0 Å². The first-order valence-corrected chi connectivity index (χ1v) is 7.72. The second-order valence-electron chi connectivity index (χ2n) is 6.19. The Hall–Kier alpha value is -1.55. The highest BCUT2D eigenvalue weighted by atomic mass is 16.5. The van der Waals surface area contributed by atoms with Crippen molar-refractivity contribution in [2.24, 2.45) is 0 Å². The summed E-state index contributed by atoms with van der Waals surface area (Å²) in [5.41, 5.74) is 6.93. The number of hydrogen-bond donors (Lipinski definition) is 1. The van der Waals surface area contributed by atoms with Crippen molar-refractivity contribution in [3.8, 4) is 0 Å². The Balaban J connectivity index is 2.03. The van der Waals surface area contributed by atoms with E-state index in [-0.39, 0.29) is 5.91 Å². The normalized spacial score (nSPS) is 17.0. The number of nitrogens with zero attached hydrogens (tertiary/aromatic N) is 1. The molecule has 0 spiro atoms. The maximum absolute atomic E-state index is 12.8. The van der Waals surface area contributed by atoms with Gasteiger partial charge in [0.1, 0.15) is 0 Å². The number of likely N-dealkylation sites (tertiary alicyclic amines) is 1. The smallest absolute Gasteiger partial charge is 0.232 e. The summed E-state index contributed by atoms with van der Waals surface area (Å²) in [5, 5.41) is 0. The predicted octanol–water partition coefficient (Wildman–Crippen LogP) is 2.57. The molecule has 4 heteroatoms. The number of nitrogen functional groups attached to an aromatic ring is 1. The average Bonchev–Trinajstić information content (AvgIpc) is 2.48. The Morgan fingerprint density at radius 1 is 1.29 bits per heavy atom. The molecule has 21 heavy (non-hydrogen) atoms. The van der Waals surface area contributed by atoms with Crippen LogP contribution in [0.25, 0.3) is 0 Å². The zero-order valence-electron chi connectivity index (χ0n) is 13.3. The van der Waals surface area contributed by atoms with Crippen molar-refractivity contribution in [1.29, 1.82) is 0 Å². The quantitative estimate of drug-likeness (QED) is 0.867. The first-order chi connectivity index (χ1) is 9.95. The van der Waals surface area contributed by atoms with Crippen LogP contribution in [-0.4, -0.2) is 36.6 Å². The van der Waals surface area contributed by atoms with Gasteiger partial charge in [-0.3, -0.25) is 4.79 Å².